The number of thiazole rings is 1. The number of amides is 1. The largest absolute Gasteiger partial charge is 0.507 e. The summed E-state index contributed by atoms with van der Waals surface area (Å²) in [5.74, 6) is -3.43. The summed E-state index contributed by atoms with van der Waals surface area (Å²) in [6.07, 6.45) is 0. The molecule has 0 bridgehead atoms. The molecule has 0 radical (unpaired) electrons. The summed E-state index contributed by atoms with van der Waals surface area (Å²) >= 11 is 6.80. The van der Waals surface area contributed by atoms with Gasteiger partial charge in [-0.25, -0.2) is 14.2 Å². The second kappa shape index (κ2) is 8.76. The zero-order valence-electron chi connectivity index (χ0n) is 17.3. The summed E-state index contributed by atoms with van der Waals surface area (Å²) in [7, 11) is 1.22. The molecular formula is C23H16ClFN2O5S. The van der Waals surface area contributed by atoms with Crippen LogP contribution in [0.5, 0.6) is 0 Å². The number of hydrogen-bond donors (Lipinski definition) is 1. The number of anilines is 1. The second-order valence-corrected chi connectivity index (χ2v) is 8.54. The Hall–Kier alpha value is -3.56. The molecule has 1 aliphatic heterocycles. The Morgan fingerprint density at radius 1 is 1.15 bits per heavy atom. The topological polar surface area (TPSA) is 96.8 Å². The lowest BCUT2D eigenvalue weighted by Gasteiger charge is -2.23. The van der Waals surface area contributed by atoms with Gasteiger partial charge in [0.15, 0.2) is 5.13 Å². The molecule has 0 spiro atoms. The number of aryl methyl sites for hydroxylation is 1. The number of ketones is 1. The Balaban J connectivity index is 1.93. The van der Waals surface area contributed by atoms with E-state index in [1.807, 2.05) is 0 Å². The number of Topliss-reactive ketones (excluding diaryl/α,β-unsaturated/α-hetero) is 1. The highest BCUT2D eigenvalue weighted by Gasteiger charge is 2.48. The van der Waals surface area contributed by atoms with Crippen LogP contribution < -0.4 is 4.90 Å². The molecule has 1 aromatic heterocycles. The van der Waals surface area contributed by atoms with Crippen molar-refractivity contribution in [2.24, 2.45) is 0 Å². The van der Waals surface area contributed by atoms with Crippen molar-refractivity contribution in [1.82, 2.24) is 4.98 Å². The third kappa shape index (κ3) is 4.01. The first-order valence-corrected chi connectivity index (χ1v) is 10.8. The number of aliphatic hydroxyl groups is 1. The first kappa shape index (κ1) is 22.6. The summed E-state index contributed by atoms with van der Waals surface area (Å²) in [6, 6.07) is 10.2. The Bertz CT molecular complexity index is 1300. The molecule has 2 heterocycles. The minimum Gasteiger partial charge on any atom is -0.507 e. The molecule has 0 unspecified atom stereocenters. The average Bonchev–Trinajstić information content (AvgIpc) is 3.31. The van der Waals surface area contributed by atoms with Crippen LogP contribution in [0, 0.1) is 12.7 Å². The number of methoxy groups -OCH3 is 1. The van der Waals surface area contributed by atoms with Crippen LogP contribution in [0.3, 0.4) is 0 Å². The normalized spacial score (nSPS) is 17.5. The molecular weight excluding hydrogens is 471 g/mol. The predicted molar refractivity (Wildman–Crippen MR) is 121 cm³/mol. The fourth-order valence-electron chi connectivity index (χ4n) is 3.52. The number of aliphatic hydroxyl groups excluding tert-OH is 1. The molecule has 1 saturated heterocycles. The Labute approximate surface area is 196 Å². The van der Waals surface area contributed by atoms with Gasteiger partial charge in [0.25, 0.3) is 5.78 Å². The lowest BCUT2D eigenvalue weighted by molar-refractivity contribution is -0.132. The van der Waals surface area contributed by atoms with Crippen LogP contribution in [0.4, 0.5) is 9.52 Å². The van der Waals surface area contributed by atoms with Crippen LogP contribution in [0.15, 0.2) is 54.1 Å². The van der Waals surface area contributed by atoms with Gasteiger partial charge >= 0.3 is 11.9 Å². The van der Waals surface area contributed by atoms with Crippen LogP contribution in [-0.2, 0) is 14.3 Å². The third-order valence-corrected chi connectivity index (χ3v) is 6.50. The number of carbonyl (C=O) groups excluding carboxylic acids is 3. The highest BCUT2D eigenvalue weighted by molar-refractivity contribution is 7.17. The maximum Gasteiger partial charge on any atom is 0.350 e. The van der Waals surface area contributed by atoms with E-state index in [1.165, 1.54) is 55.6 Å². The number of carbonyl (C=O) groups is 3. The van der Waals surface area contributed by atoms with E-state index in [0.29, 0.717) is 16.3 Å². The van der Waals surface area contributed by atoms with E-state index in [0.717, 1.165) is 16.2 Å². The van der Waals surface area contributed by atoms with E-state index in [4.69, 9.17) is 16.3 Å². The first-order chi connectivity index (χ1) is 15.7. The molecule has 1 aliphatic rings. The number of halogens is 2. The van der Waals surface area contributed by atoms with Crippen molar-refractivity contribution in [3.63, 3.8) is 0 Å². The van der Waals surface area contributed by atoms with E-state index in [2.05, 4.69) is 4.98 Å². The summed E-state index contributed by atoms with van der Waals surface area (Å²) in [6.45, 7) is 1.57. The Kier molecular flexibility index (Phi) is 6.01. The zero-order valence-corrected chi connectivity index (χ0v) is 18.9. The van der Waals surface area contributed by atoms with Crippen molar-refractivity contribution in [2.75, 3.05) is 12.0 Å². The maximum atomic E-state index is 13.6. The molecule has 0 saturated carbocycles. The van der Waals surface area contributed by atoms with Crippen molar-refractivity contribution in [2.45, 2.75) is 13.0 Å². The van der Waals surface area contributed by atoms with Gasteiger partial charge in [-0.3, -0.25) is 14.5 Å². The Morgan fingerprint density at radius 3 is 2.39 bits per heavy atom. The molecule has 7 nitrogen and oxygen atoms in total. The number of nitrogens with zero attached hydrogens (tertiary/aromatic N) is 2. The summed E-state index contributed by atoms with van der Waals surface area (Å²) in [5.41, 5.74) is 0.773. The quantitative estimate of drug-likeness (QED) is 0.249. The monoisotopic (exact) mass is 486 g/mol. The molecule has 3 aromatic rings. The lowest BCUT2D eigenvalue weighted by Crippen LogP contribution is -2.29. The third-order valence-electron chi connectivity index (χ3n) is 5.11. The molecule has 1 atom stereocenters. The number of esters is 1. The lowest BCUT2D eigenvalue weighted by atomic mass is 9.95. The smallest absolute Gasteiger partial charge is 0.350 e. The van der Waals surface area contributed by atoms with E-state index < -0.39 is 35.3 Å². The van der Waals surface area contributed by atoms with Crippen molar-refractivity contribution in [1.29, 1.82) is 0 Å². The van der Waals surface area contributed by atoms with Crippen LogP contribution in [0.1, 0.15) is 32.5 Å². The predicted octanol–water partition coefficient (Wildman–Crippen LogP) is 4.66. The first-order valence-electron chi connectivity index (χ1n) is 9.61. The van der Waals surface area contributed by atoms with Gasteiger partial charge < -0.3 is 9.84 Å². The van der Waals surface area contributed by atoms with Gasteiger partial charge in [0, 0.05) is 10.6 Å². The van der Waals surface area contributed by atoms with Crippen LogP contribution in [0.25, 0.3) is 5.76 Å². The number of ether oxygens (including phenoxy) is 1. The van der Waals surface area contributed by atoms with E-state index in [9.17, 15) is 23.9 Å². The van der Waals surface area contributed by atoms with Gasteiger partial charge in [-0.1, -0.05) is 35.1 Å². The van der Waals surface area contributed by atoms with Crippen LogP contribution in [0.2, 0.25) is 5.02 Å². The van der Waals surface area contributed by atoms with Gasteiger partial charge in [0.1, 0.15) is 16.5 Å². The Morgan fingerprint density at radius 2 is 1.79 bits per heavy atom. The van der Waals surface area contributed by atoms with E-state index >= 15 is 0 Å². The van der Waals surface area contributed by atoms with Crippen molar-refractivity contribution < 1.29 is 28.6 Å². The zero-order chi connectivity index (χ0) is 23.9. The standard InChI is InChI=1S/C23H16ClFN2O5S/c1-11-20(22(31)32-2)33-23(26-11)27-17(12-5-9-15(25)10-6-12)16(19(29)21(27)30)18(28)13-3-7-14(24)8-4-13/h3-10,17,28H,1-2H3/b18-16+/t17-/m0/s1. The summed E-state index contributed by atoms with van der Waals surface area (Å²) in [5, 5.41) is 11.5. The fraction of sp³-hybridized carbons (Fsp3) is 0.130. The summed E-state index contributed by atoms with van der Waals surface area (Å²) < 4.78 is 18.4. The highest BCUT2D eigenvalue weighted by atomic mass is 35.5. The minimum atomic E-state index is -1.10. The molecule has 0 aliphatic carbocycles. The van der Waals surface area contributed by atoms with Gasteiger partial charge in [-0.05, 0) is 48.9 Å². The molecule has 33 heavy (non-hydrogen) atoms. The SMILES string of the molecule is COC(=O)c1sc(N2C(=O)C(=O)/C(=C(/O)c3ccc(Cl)cc3)[C@@H]2c2ccc(F)cc2)nc1C. The molecule has 1 N–H and O–H groups in total. The highest BCUT2D eigenvalue weighted by Crippen LogP contribution is 2.44. The fourth-order valence-corrected chi connectivity index (χ4v) is 4.66. The number of hydrogen-bond acceptors (Lipinski definition) is 7. The van der Waals surface area contributed by atoms with Crippen molar-refractivity contribution in [3.8, 4) is 0 Å². The number of benzene rings is 2. The van der Waals surface area contributed by atoms with Crippen LogP contribution >= 0.6 is 22.9 Å². The van der Waals surface area contributed by atoms with Gasteiger partial charge in [0.2, 0.25) is 0 Å². The van der Waals surface area contributed by atoms with Gasteiger partial charge in [0.05, 0.1) is 24.4 Å². The molecule has 1 fully saturated rings. The molecule has 2 aromatic carbocycles. The van der Waals surface area contributed by atoms with E-state index in [-0.39, 0.29) is 21.1 Å². The number of aromatic nitrogens is 1. The molecule has 168 valence electrons. The molecule has 4 rings (SSSR count). The second-order valence-electron chi connectivity index (χ2n) is 7.13. The number of rotatable bonds is 4. The van der Waals surface area contributed by atoms with Gasteiger partial charge in [-0.2, -0.15) is 0 Å². The average molecular weight is 487 g/mol. The van der Waals surface area contributed by atoms with Crippen molar-refractivity contribution >= 4 is 51.5 Å². The van der Waals surface area contributed by atoms with Gasteiger partial charge in [-0.15, -0.1) is 0 Å². The van der Waals surface area contributed by atoms with Crippen LogP contribution in [-0.4, -0.2) is 34.9 Å². The van der Waals surface area contributed by atoms with Crippen molar-refractivity contribution in [3.05, 3.63) is 86.6 Å². The van der Waals surface area contributed by atoms with E-state index in [1.54, 1.807) is 6.92 Å². The maximum absolute atomic E-state index is 13.6. The minimum absolute atomic E-state index is 0.0690. The molecule has 10 heteroatoms. The molecule has 1 amide bonds. The summed E-state index contributed by atoms with van der Waals surface area (Å²) in [4.78, 5) is 43.8.